The number of guanidine groups is 1. The van der Waals surface area contributed by atoms with Gasteiger partial charge in [0.15, 0.2) is 5.96 Å². The number of nitrogens with zero attached hydrogens (tertiary/aromatic N) is 2. The van der Waals surface area contributed by atoms with E-state index in [-0.39, 0.29) is 6.61 Å². The smallest absolute Gasteiger partial charge is 0.367 e. The predicted molar refractivity (Wildman–Crippen MR) is 94.8 cm³/mol. The lowest BCUT2D eigenvalue weighted by atomic mass is 9.68. The van der Waals surface area contributed by atoms with E-state index in [0.717, 1.165) is 30.2 Å². The molecule has 0 bridgehead atoms. The number of benzene rings is 1. The maximum Gasteiger partial charge on any atom is 0.411 e. The molecule has 3 rings (SSSR count). The molecule has 1 aliphatic carbocycles. The van der Waals surface area contributed by atoms with Gasteiger partial charge in [-0.1, -0.05) is 30.7 Å². The molecule has 144 valence electrons. The van der Waals surface area contributed by atoms with Crippen LogP contribution >= 0.6 is 0 Å². The highest BCUT2D eigenvalue weighted by molar-refractivity contribution is 5.80. The highest BCUT2D eigenvalue weighted by Gasteiger charge is 2.43. The molecule has 1 saturated heterocycles. The zero-order valence-electron chi connectivity index (χ0n) is 15.1. The quantitative estimate of drug-likeness (QED) is 0.635. The number of halogens is 3. The van der Waals surface area contributed by atoms with Crippen molar-refractivity contribution in [2.45, 2.75) is 45.0 Å². The summed E-state index contributed by atoms with van der Waals surface area (Å²) in [5, 5.41) is 3.39. The van der Waals surface area contributed by atoms with Gasteiger partial charge in [-0.3, -0.25) is 4.99 Å². The first-order chi connectivity index (χ1) is 12.4. The summed E-state index contributed by atoms with van der Waals surface area (Å²) in [6.45, 7) is 1.52. The van der Waals surface area contributed by atoms with E-state index >= 15 is 0 Å². The Morgan fingerprint density at radius 2 is 1.88 bits per heavy atom. The van der Waals surface area contributed by atoms with E-state index in [1.54, 1.807) is 19.2 Å². The van der Waals surface area contributed by atoms with E-state index in [2.05, 4.69) is 19.9 Å². The molecule has 1 aliphatic heterocycles. The number of nitrogens with one attached hydrogen (secondary N) is 1. The second kappa shape index (κ2) is 7.86. The molecule has 0 radical (unpaired) electrons. The Kier molecular flexibility index (Phi) is 5.75. The molecule has 1 N–H and O–H groups in total. The SMILES string of the molecule is CN=C(NCc1ccc(COCC(F)(F)F)cc1)N1CCC2(CCC2)C1. The van der Waals surface area contributed by atoms with Gasteiger partial charge in [-0.2, -0.15) is 13.2 Å². The highest BCUT2D eigenvalue weighted by Crippen LogP contribution is 2.47. The zero-order valence-corrected chi connectivity index (χ0v) is 15.1. The first-order valence-electron chi connectivity index (χ1n) is 9.07. The third-order valence-electron chi connectivity index (χ3n) is 5.37. The van der Waals surface area contributed by atoms with Gasteiger partial charge >= 0.3 is 6.18 Å². The summed E-state index contributed by atoms with van der Waals surface area (Å²) in [6, 6.07) is 7.42. The normalized spacial score (nSPS) is 19.7. The number of rotatable bonds is 5. The monoisotopic (exact) mass is 369 g/mol. The van der Waals surface area contributed by atoms with Crippen molar-refractivity contribution in [3.8, 4) is 0 Å². The minimum atomic E-state index is -4.28. The Bertz CT molecular complexity index is 624. The fourth-order valence-corrected chi connectivity index (χ4v) is 3.75. The average Bonchev–Trinajstić information content (AvgIpc) is 3.02. The lowest BCUT2D eigenvalue weighted by Crippen LogP contribution is -2.42. The van der Waals surface area contributed by atoms with Crippen LogP contribution < -0.4 is 5.32 Å². The molecule has 1 saturated carbocycles. The standard InChI is InChI=1S/C19H26F3N3O/c1-23-17(25-10-9-18(13-25)7-2-8-18)24-11-15-3-5-16(6-4-15)12-26-14-19(20,21)22/h3-6H,2,7-14H2,1H3,(H,23,24). The molecule has 1 aromatic rings. The van der Waals surface area contributed by atoms with Gasteiger partial charge in [0.25, 0.3) is 0 Å². The largest absolute Gasteiger partial charge is 0.411 e. The van der Waals surface area contributed by atoms with E-state index in [1.807, 2.05) is 12.1 Å². The number of ether oxygens (including phenoxy) is 1. The molecule has 7 heteroatoms. The summed E-state index contributed by atoms with van der Waals surface area (Å²) in [5.74, 6) is 0.923. The lowest BCUT2D eigenvalue weighted by molar-refractivity contribution is -0.176. The van der Waals surface area contributed by atoms with E-state index in [4.69, 9.17) is 0 Å². The first kappa shape index (κ1) is 19.0. The minimum absolute atomic E-state index is 0.0370. The van der Waals surface area contributed by atoms with Crippen molar-refractivity contribution in [3.05, 3.63) is 35.4 Å². The van der Waals surface area contributed by atoms with Gasteiger partial charge in [0.2, 0.25) is 0 Å². The molecular formula is C19H26F3N3O. The number of alkyl halides is 3. The Balaban J connectivity index is 1.45. The van der Waals surface area contributed by atoms with E-state index < -0.39 is 12.8 Å². The van der Waals surface area contributed by atoms with Gasteiger partial charge in [-0.15, -0.1) is 0 Å². The predicted octanol–water partition coefficient (Wildman–Crippen LogP) is 3.72. The van der Waals surface area contributed by atoms with Crippen molar-refractivity contribution in [1.82, 2.24) is 10.2 Å². The molecule has 2 aliphatic rings. The molecule has 0 amide bonds. The highest BCUT2D eigenvalue weighted by atomic mass is 19.4. The molecule has 26 heavy (non-hydrogen) atoms. The van der Waals surface area contributed by atoms with E-state index in [0.29, 0.717) is 12.0 Å². The van der Waals surface area contributed by atoms with Gasteiger partial charge in [0.1, 0.15) is 6.61 Å². The fraction of sp³-hybridized carbons (Fsp3) is 0.632. The lowest BCUT2D eigenvalue weighted by Gasteiger charge is -2.38. The Morgan fingerprint density at radius 1 is 1.19 bits per heavy atom. The Morgan fingerprint density at radius 3 is 2.42 bits per heavy atom. The van der Waals surface area contributed by atoms with Crippen molar-refractivity contribution in [2.24, 2.45) is 10.4 Å². The van der Waals surface area contributed by atoms with Gasteiger partial charge in [0.05, 0.1) is 6.61 Å². The third-order valence-corrected chi connectivity index (χ3v) is 5.37. The molecule has 0 aromatic heterocycles. The second-order valence-electron chi connectivity index (χ2n) is 7.35. The zero-order chi connectivity index (χ0) is 18.6. The van der Waals surface area contributed by atoms with Crippen LogP contribution in [0.5, 0.6) is 0 Å². The molecule has 1 aromatic carbocycles. The van der Waals surface area contributed by atoms with E-state index in [1.165, 1.54) is 25.7 Å². The second-order valence-corrected chi connectivity index (χ2v) is 7.35. The van der Waals surface area contributed by atoms with Gasteiger partial charge in [0, 0.05) is 26.7 Å². The Hall–Kier alpha value is -1.76. The van der Waals surface area contributed by atoms with Crippen LogP contribution in [0.25, 0.3) is 0 Å². The van der Waals surface area contributed by atoms with Crippen LogP contribution in [0.15, 0.2) is 29.3 Å². The number of hydrogen-bond donors (Lipinski definition) is 1. The summed E-state index contributed by atoms with van der Waals surface area (Å²) in [4.78, 5) is 6.73. The maximum absolute atomic E-state index is 12.1. The first-order valence-corrected chi connectivity index (χ1v) is 9.07. The van der Waals surface area contributed by atoms with Crippen LogP contribution in [0, 0.1) is 5.41 Å². The van der Waals surface area contributed by atoms with Crippen molar-refractivity contribution in [1.29, 1.82) is 0 Å². The van der Waals surface area contributed by atoms with Crippen LogP contribution in [0.3, 0.4) is 0 Å². The van der Waals surface area contributed by atoms with Gasteiger partial charge in [-0.25, -0.2) is 0 Å². The molecule has 0 unspecified atom stereocenters. The van der Waals surface area contributed by atoms with Crippen LogP contribution in [-0.4, -0.2) is 43.8 Å². The maximum atomic E-state index is 12.1. The molecule has 4 nitrogen and oxygen atoms in total. The number of likely N-dealkylation sites (tertiary alicyclic amines) is 1. The number of hydrogen-bond acceptors (Lipinski definition) is 2. The molecule has 0 atom stereocenters. The van der Waals surface area contributed by atoms with Crippen LogP contribution in [0.2, 0.25) is 0 Å². The summed E-state index contributed by atoms with van der Waals surface area (Å²) in [6.07, 6.45) is 0.976. The topological polar surface area (TPSA) is 36.9 Å². The summed E-state index contributed by atoms with van der Waals surface area (Å²) < 4.78 is 40.9. The number of aliphatic imine (C=N–C) groups is 1. The third kappa shape index (κ3) is 4.90. The van der Waals surface area contributed by atoms with Crippen LogP contribution in [0.4, 0.5) is 13.2 Å². The summed E-state index contributed by atoms with van der Waals surface area (Å²) in [5.41, 5.74) is 2.31. The van der Waals surface area contributed by atoms with Crippen molar-refractivity contribution >= 4 is 5.96 Å². The molecule has 1 spiro atoms. The van der Waals surface area contributed by atoms with Gasteiger partial charge < -0.3 is 15.0 Å². The van der Waals surface area contributed by atoms with Gasteiger partial charge in [-0.05, 0) is 35.8 Å². The average molecular weight is 369 g/mol. The molecular weight excluding hydrogens is 343 g/mol. The van der Waals surface area contributed by atoms with E-state index in [9.17, 15) is 13.2 Å². The van der Waals surface area contributed by atoms with Crippen LogP contribution in [0.1, 0.15) is 36.8 Å². The van der Waals surface area contributed by atoms with Crippen molar-refractivity contribution in [3.63, 3.8) is 0 Å². The van der Waals surface area contributed by atoms with Crippen LogP contribution in [-0.2, 0) is 17.9 Å². The van der Waals surface area contributed by atoms with Crippen molar-refractivity contribution in [2.75, 3.05) is 26.7 Å². The fourth-order valence-electron chi connectivity index (χ4n) is 3.75. The minimum Gasteiger partial charge on any atom is -0.367 e. The summed E-state index contributed by atoms with van der Waals surface area (Å²) >= 11 is 0. The molecule has 2 fully saturated rings. The summed E-state index contributed by atoms with van der Waals surface area (Å²) in [7, 11) is 1.80. The van der Waals surface area contributed by atoms with Crippen molar-refractivity contribution < 1.29 is 17.9 Å². The molecule has 1 heterocycles. The Labute approximate surface area is 152 Å².